The molecule has 0 bridgehead atoms. The van der Waals surface area contributed by atoms with Crippen LogP contribution >= 0.6 is 0 Å². The summed E-state index contributed by atoms with van der Waals surface area (Å²) in [5.74, 6) is 0.0932. The summed E-state index contributed by atoms with van der Waals surface area (Å²) in [5, 5.41) is 14.2. The molecule has 1 aromatic carbocycles. The number of benzene rings is 1. The first-order chi connectivity index (χ1) is 12.5. The van der Waals surface area contributed by atoms with E-state index in [1.165, 1.54) is 10.7 Å². The number of aryl methyl sites for hydroxylation is 1. The monoisotopic (exact) mass is 354 g/mol. The Hall–Kier alpha value is -3.49. The van der Waals surface area contributed by atoms with Gasteiger partial charge in [0.2, 0.25) is 5.91 Å². The van der Waals surface area contributed by atoms with Gasteiger partial charge in [-0.15, -0.1) is 5.10 Å². The first-order valence-corrected chi connectivity index (χ1v) is 7.99. The van der Waals surface area contributed by atoms with Gasteiger partial charge in [-0.25, -0.2) is 4.68 Å². The molecule has 0 aliphatic carbocycles. The number of carbonyl (C=O) groups is 2. The maximum Gasteiger partial charge on any atom is 0.284 e. The minimum Gasteiger partial charge on any atom is -0.454 e. The van der Waals surface area contributed by atoms with E-state index in [1.807, 2.05) is 30.3 Å². The summed E-state index contributed by atoms with van der Waals surface area (Å²) in [6.45, 7) is 1.86. The summed E-state index contributed by atoms with van der Waals surface area (Å²) < 4.78 is 6.76. The van der Waals surface area contributed by atoms with Crippen LogP contribution in [0.5, 0.6) is 0 Å². The highest BCUT2D eigenvalue weighted by molar-refractivity contribution is 5.89. The summed E-state index contributed by atoms with van der Waals surface area (Å²) in [5.41, 5.74) is 6.14. The molecule has 0 fully saturated rings. The van der Waals surface area contributed by atoms with Gasteiger partial charge >= 0.3 is 0 Å². The van der Waals surface area contributed by atoms with Crippen LogP contribution in [0, 0.1) is 6.92 Å². The van der Waals surface area contributed by atoms with Crippen LogP contribution in [0.1, 0.15) is 33.7 Å². The highest BCUT2D eigenvalue weighted by Crippen LogP contribution is 2.15. The van der Waals surface area contributed by atoms with Crippen molar-refractivity contribution in [2.24, 2.45) is 5.73 Å². The van der Waals surface area contributed by atoms with Crippen LogP contribution < -0.4 is 11.1 Å². The van der Waals surface area contributed by atoms with E-state index in [0.29, 0.717) is 18.0 Å². The van der Waals surface area contributed by atoms with Gasteiger partial charge in [-0.05, 0) is 35.0 Å². The molecule has 0 spiro atoms. The summed E-state index contributed by atoms with van der Waals surface area (Å²) in [6, 6.07) is 12.0. The van der Waals surface area contributed by atoms with Gasteiger partial charge in [0, 0.05) is 6.42 Å². The second kappa shape index (κ2) is 7.60. The minimum absolute atomic E-state index is 0.0476. The molecular formula is C17H18N6O3. The van der Waals surface area contributed by atoms with Crippen LogP contribution in [-0.4, -0.2) is 32.0 Å². The second-order valence-electron chi connectivity index (χ2n) is 5.72. The molecule has 26 heavy (non-hydrogen) atoms. The Morgan fingerprint density at radius 3 is 2.62 bits per heavy atom. The van der Waals surface area contributed by atoms with E-state index in [4.69, 9.17) is 10.2 Å². The number of carbonyl (C=O) groups excluding carboxylic acids is 2. The number of aromatic nitrogens is 4. The van der Waals surface area contributed by atoms with E-state index >= 15 is 0 Å². The third-order valence-electron chi connectivity index (χ3n) is 3.87. The molecule has 9 heteroatoms. The number of nitrogens with zero attached hydrogens (tertiary/aromatic N) is 4. The number of furan rings is 1. The topological polar surface area (TPSA) is 129 Å². The van der Waals surface area contributed by atoms with E-state index in [9.17, 15) is 9.59 Å². The van der Waals surface area contributed by atoms with Crippen molar-refractivity contribution >= 4 is 11.8 Å². The van der Waals surface area contributed by atoms with E-state index in [-0.39, 0.29) is 18.2 Å². The fraction of sp³-hybridized carbons (Fsp3) is 0.235. The standard InChI is InChI=1S/C17H18N6O3/c1-11-20-21-22-23(11)14(9-12-5-3-2-4-6-12)17(25)19-10-13-7-8-15(26-13)16(18)24/h2-8,14H,9-10H2,1H3,(H2,18,24)(H,19,25). The zero-order valence-electron chi connectivity index (χ0n) is 14.1. The highest BCUT2D eigenvalue weighted by Gasteiger charge is 2.24. The minimum atomic E-state index is -0.658. The van der Waals surface area contributed by atoms with Crippen molar-refractivity contribution in [1.29, 1.82) is 0 Å². The van der Waals surface area contributed by atoms with E-state index in [1.54, 1.807) is 13.0 Å². The van der Waals surface area contributed by atoms with Gasteiger partial charge < -0.3 is 15.5 Å². The number of nitrogens with one attached hydrogen (secondary N) is 1. The van der Waals surface area contributed by atoms with Gasteiger partial charge in [0.05, 0.1) is 6.54 Å². The van der Waals surface area contributed by atoms with Crippen molar-refractivity contribution in [3.63, 3.8) is 0 Å². The Morgan fingerprint density at radius 2 is 2.00 bits per heavy atom. The quantitative estimate of drug-likeness (QED) is 0.645. The SMILES string of the molecule is Cc1nnnn1C(Cc1ccccc1)C(=O)NCc1ccc(C(N)=O)o1. The zero-order chi connectivity index (χ0) is 18.5. The molecule has 2 heterocycles. The fourth-order valence-electron chi connectivity index (χ4n) is 2.55. The Morgan fingerprint density at radius 1 is 1.23 bits per heavy atom. The highest BCUT2D eigenvalue weighted by atomic mass is 16.4. The normalized spacial score (nSPS) is 11.9. The molecule has 134 valence electrons. The third kappa shape index (κ3) is 3.94. The van der Waals surface area contributed by atoms with Gasteiger partial charge in [0.25, 0.3) is 5.91 Å². The predicted octanol–water partition coefficient (Wildman–Crippen LogP) is 0.774. The summed E-state index contributed by atoms with van der Waals surface area (Å²) in [4.78, 5) is 23.8. The van der Waals surface area contributed by atoms with Crippen LogP contribution in [0.15, 0.2) is 46.9 Å². The van der Waals surface area contributed by atoms with Crippen molar-refractivity contribution in [3.8, 4) is 0 Å². The van der Waals surface area contributed by atoms with Crippen molar-refractivity contribution in [1.82, 2.24) is 25.5 Å². The van der Waals surface area contributed by atoms with Crippen LogP contribution in [-0.2, 0) is 17.8 Å². The molecule has 3 rings (SSSR count). The number of primary amides is 1. The van der Waals surface area contributed by atoms with E-state index in [2.05, 4.69) is 20.8 Å². The largest absolute Gasteiger partial charge is 0.454 e. The Bertz CT molecular complexity index is 902. The van der Waals surface area contributed by atoms with Crippen LogP contribution in [0.25, 0.3) is 0 Å². The van der Waals surface area contributed by atoms with E-state index in [0.717, 1.165) is 5.56 Å². The summed E-state index contributed by atoms with van der Waals surface area (Å²) in [6.07, 6.45) is 0.434. The molecule has 0 saturated carbocycles. The fourth-order valence-corrected chi connectivity index (χ4v) is 2.55. The van der Waals surface area contributed by atoms with Gasteiger partial charge in [0.1, 0.15) is 17.6 Å². The number of nitrogens with two attached hydrogens (primary N) is 1. The van der Waals surface area contributed by atoms with Crippen molar-refractivity contribution in [3.05, 3.63) is 65.4 Å². The molecule has 9 nitrogen and oxygen atoms in total. The van der Waals surface area contributed by atoms with Crippen molar-refractivity contribution < 1.29 is 14.0 Å². The number of hydrogen-bond donors (Lipinski definition) is 2. The van der Waals surface area contributed by atoms with Gasteiger partial charge in [-0.3, -0.25) is 9.59 Å². The second-order valence-corrected chi connectivity index (χ2v) is 5.72. The van der Waals surface area contributed by atoms with E-state index < -0.39 is 11.9 Å². The third-order valence-corrected chi connectivity index (χ3v) is 3.87. The number of hydrogen-bond acceptors (Lipinski definition) is 6. The average Bonchev–Trinajstić information content (AvgIpc) is 3.27. The lowest BCUT2D eigenvalue weighted by atomic mass is 10.1. The zero-order valence-corrected chi connectivity index (χ0v) is 14.1. The molecular weight excluding hydrogens is 336 g/mol. The maximum atomic E-state index is 12.8. The molecule has 3 N–H and O–H groups in total. The maximum absolute atomic E-state index is 12.8. The lowest BCUT2D eigenvalue weighted by Gasteiger charge is -2.17. The number of amides is 2. The molecule has 3 aromatic rings. The summed E-state index contributed by atoms with van der Waals surface area (Å²) >= 11 is 0. The van der Waals surface area contributed by atoms with Crippen molar-refractivity contribution in [2.45, 2.75) is 25.9 Å². The van der Waals surface area contributed by atoms with Gasteiger partial charge in [-0.1, -0.05) is 30.3 Å². The molecule has 0 aliphatic heterocycles. The predicted molar refractivity (Wildman–Crippen MR) is 90.8 cm³/mol. The molecule has 0 aliphatic rings. The average molecular weight is 354 g/mol. The summed E-state index contributed by atoms with van der Waals surface area (Å²) in [7, 11) is 0. The Balaban J connectivity index is 1.74. The van der Waals surface area contributed by atoms with Crippen molar-refractivity contribution in [2.75, 3.05) is 0 Å². The van der Waals surface area contributed by atoms with Crippen LogP contribution in [0.3, 0.4) is 0 Å². The Labute approximate surface area is 149 Å². The molecule has 0 saturated heterocycles. The first-order valence-electron chi connectivity index (χ1n) is 7.99. The smallest absolute Gasteiger partial charge is 0.284 e. The Kier molecular flexibility index (Phi) is 5.07. The molecule has 2 aromatic heterocycles. The first kappa shape index (κ1) is 17.3. The van der Waals surface area contributed by atoms with Crippen LogP contribution in [0.4, 0.5) is 0 Å². The molecule has 1 unspecified atom stereocenters. The van der Waals surface area contributed by atoms with Gasteiger partial charge in [0.15, 0.2) is 5.76 Å². The van der Waals surface area contributed by atoms with Gasteiger partial charge in [-0.2, -0.15) is 0 Å². The lowest BCUT2D eigenvalue weighted by molar-refractivity contribution is -0.125. The molecule has 0 radical (unpaired) electrons. The lowest BCUT2D eigenvalue weighted by Crippen LogP contribution is -2.34. The number of rotatable bonds is 7. The molecule has 1 atom stereocenters. The molecule has 2 amide bonds. The number of tetrazole rings is 1. The van der Waals surface area contributed by atoms with Crippen LogP contribution in [0.2, 0.25) is 0 Å².